The summed E-state index contributed by atoms with van der Waals surface area (Å²) in [5.74, 6) is 1.77. The van der Waals surface area contributed by atoms with Gasteiger partial charge < -0.3 is 5.32 Å². The van der Waals surface area contributed by atoms with Gasteiger partial charge in [0.2, 0.25) is 0 Å². The Kier molecular flexibility index (Phi) is 2.91. The van der Waals surface area contributed by atoms with Crippen LogP contribution in [-0.4, -0.2) is 16.5 Å². The van der Waals surface area contributed by atoms with E-state index >= 15 is 0 Å². The Hall–Kier alpha value is -2.16. The molecule has 1 aromatic rings. The Morgan fingerprint density at radius 2 is 2.47 bits per heavy atom. The first-order chi connectivity index (χ1) is 8.11. The molecule has 0 amide bonds. The van der Waals surface area contributed by atoms with Gasteiger partial charge in [-0.15, -0.1) is 0 Å². The fraction of sp³-hybridized carbons (Fsp3) is 0.455. The summed E-state index contributed by atoms with van der Waals surface area (Å²) >= 11 is 0. The van der Waals surface area contributed by atoms with Gasteiger partial charge in [0.05, 0.1) is 4.92 Å². The summed E-state index contributed by atoms with van der Waals surface area (Å²) in [6.07, 6.45) is 2.35. The molecule has 6 nitrogen and oxygen atoms in total. The molecule has 17 heavy (non-hydrogen) atoms. The van der Waals surface area contributed by atoms with E-state index in [4.69, 9.17) is 5.26 Å². The molecule has 6 heteroatoms. The van der Waals surface area contributed by atoms with Crippen molar-refractivity contribution in [2.45, 2.75) is 13.3 Å². The highest BCUT2D eigenvalue weighted by atomic mass is 16.6. The number of nitrogens with one attached hydrogen (secondary N) is 1. The lowest BCUT2D eigenvalue weighted by Gasteiger charge is -2.05. The molecule has 88 valence electrons. The Bertz CT molecular complexity index is 495. The van der Waals surface area contributed by atoms with Crippen molar-refractivity contribution in [1.82, 2.24) is 4.98 Å². The van der Waals surface area contributed by atoms with Gasteiger partial charge >= 0.3 is 0 Å². The van der Waals surface area contributed by atoms with Crippen molar-refractivity contribution in [1.29, 1.82) is 5.26 Å². The van der Waals surface area contributed by atoms with Gasteiger partial charge in [0, 0.05) is 12.6 Å². The fourth-order valence-corrected chi connectivity index (χ4v) is 1.69. The molecule has 2 rings (SSSR count). The van der Waals surface area contributed by atoms with E-state index in [1.807, 2.05) is 6.07 Å². The Morgan fingerprint density at radius 1 is 1.76 bits per heavy atom. The molecule has 1 saturated carbocycles. The molecule has 0 bridgehead atoms. The summed E-state index contributed by atoms with van der Waals surface area (Å²) in [6, 6.07) is 3.16. The normalized spacial score (nSPS) is 21.6. The number of hydrogen-bond acceptors (Lipinski definition) is 5. The van der Waals surface area contributed by atoms with Crippen molar-refractivity contribution in [3.63, 3.8) is 0 Å². The first kappa shape index (κ1) is 11.3. The van der Waals surface area contributed by atoms with Crippen LogP contribution in [0.25, 0.3) is 0 Å². The SMILES string of the molecule is CC1CC1CNc1ncc([N+](=O)[O-])cc1C#N. The smallest absolute Gasteiger partial charge is 0.289 e. The van der Waals surface area contributed by atoms with E-state index in [9.17, 15) is 10.1 Å². The predicted octanol–water partition coefficient (Wildman–Crippen LogP) is 1.93. The molecule has 1 aliphatic rings. The maximum Gasteiger partial charge on any atom is 0.289 e. The zero-order valence-corrected chi connectivity index (χ0v) is 9.38. The van der Waals surface area contributed by atoms with Crippen molar-refractivity contribution in [3.05, 3.63) is 27.9 Å². The van der Waals surface area contributed by atoms with Gasteiger partial charge in [-0.2, -0.15) is 5.26 Å². The number of pyridine rings is 1. The standard InChI is InChI=1S/C11H12N4O2/c1-7-2-9(7)5-13-11-8(4-12)3-10(6-14-11)15(16)17/h3,6-7,9H,2,5H2,1H3,(H,13,14). The fourth-order valence-electron chi connectivity index (χ4n) is 1.69. The maximum atomic E-state index is 10.5. The molecule has 0 aromatic carbocycles. The minimum atomic E-state index is -0.555. The van der Waals surface area contributed by atoms with Crippen molar-refractivity contribution in [2.75, 3.05) is 11.9 Å². The lowest BCUT2D eigenvalue weighted by molar-refractivity contribution is -0.385. The van der Waals surface area contributed by atoms with Crippen LogP contribution in [0.3, 0.4) is 0 Å². The third kappa shape index (κ3) is 2.50. The van der Waals surface area contributed by atoms with Gasteiger partial charge in [-0.1, -0.05) is 6.92 Å². The number of aromatic nitrogens is 1. The molecule has 1 N–H and O–H groups in total. The minimum absolute atomic E-state index is 0.160. The molecule has 0 saturated heterocycles. The zero-order chi connectivity index (χ0) is 12.4. The second-order valence-corrected chi connectivity index (χ2v) is 4.31. The molecule has 0 radical (unpaired) electrons. The van der Waals surface area contributed by atoms with Crippen LogP contribution in [0.1, 0.15) is 18.9 Å². The molecule has 2 atom stereocenters. The highest BCUT2D eigenvalue weighted by Gasteiger charge is 2.32. The van der Waals surface area contributed by atoms with Gasteiger partial charge in [0.1, 0.15) is 23.6 Å². The summed E-state index contributed by atoms with van der Waals surface area (Å²) in [5, 5.41) is 22.5. The van der Waals surface area contributed by atoms with Crippen LogP contribution in [0, 0.1) is 33.3 Å². The summed E-state index contributed by atoms with van der Waals surface area (Å²) in [4.78, 5) is 13.9. The van der Waals surface area contributed by atoms with E-state index in [0.29, 0.717) is 17.7 Å². The van der Waals surface area contributed by atoms with E-state index in [2.05, 4.69) is 17.2 Å². The summed E-state index contributed by atoms with van der Waals surface area (Å²) < 4.78 is 0. The van der Waals surface area contributed by atoms with Crippen LogP contribution in [0.5, 0.6) is 0 Å². The topological polar surface area (TPSA) is 91.8 Å². The van der Waals surface area contributed by atoms with E-state index in [1.165, 1.54) is 18.7 Å². The van der Waals surface area contributed by atoms with Crippen LogP contribution >= 0.6 is 0 Å². The van der Waals surface area contributed by atoms with Gasteiger partial charge in [-0.3, -0.25) is 10.1 Å². The Labute approximate surface area is 98.4 Å². The second-order valence-electron chi connectivity index (χ2n) is 4.31. The van der Waals surface area contributed by atoms with Crippen LogP contribution in [0.4, 0.5) is 11.5 Å². The van der Waals surface area contributed by atoms with Gasteiger partial charge in [0.15, 0.2) is 0 Å². The number of nitro groups is 1. The van der Waals surface area contributed by atoms with E-state index in [1.54, 1.807) is 0 Å². The molecular weight excluding hydrogens is 220 g/mol. The monoisotopic (exact) mass is 232 g/mol. The number of rotatable bonds is 4. The molecule has 1 aliphatic carbocycles. The van der Waals surface area contributed by atoms with Crippen molar-refractivity contribution < 1.29 is 4.92 Å². The Morgan fingerprint density at radius 3 is 3.00 bits per heavy atom. The Balaban J connectivity index is 2.11. The van der Waals surface area contributed by atoms with Gasteiger partial charge in [0.25, 0.3) is 5.69 Å². The second kappa shape index (κ2) is 4.37. The molecular formula is C11H12N4O2. The van der Waals surface area contributed by atoms with Crippen LogP contribution in [0.15, 0.2) is 12.3 Å². The molecule has 2 unspecified atom stereocenters. The molecule has 0 spiro atoms. The summed E-state index contributed by atoms with van der Waals surface area (Å²) in [7, 11) is 0. The van der Waals surface area contributed by atoms with Crippen LogP contribution in [0.2, 0.25) is 0 Å². The molecule has 0 aliphatic heterocycles. The molecule has 1 aromatic heterocycles. The van der Waals surface area contributed by atoms with Crippen LogP contribution in [-0.2, 0) is 0 Å². The maximum absolute atomic E-state index is 10.5. The minimum Gasteiger partial charge on any atom is -0.369 e. The number of anilines is 1. The average molecular weight is 232 g/mol. The van der Waals surface area contributed by atoms with Crippen molar-refractivity contribution >= 4 is 11.5 Å². The predicted molar refractivity (Wildman–Crippen MR) is 61.4 cm³/mol. The van der Waals surface area contributed by atoms with Gasteiger partial charge in [-0.05, 0) is 18.3 Å². The van der Waals surface area contributed by atoms with E-state index in [-0.39, 0.29) is 11.3 Å². The largest absolute Gasteiger partial charge is 0.369 e. The lowest BCUT2D eigenvalue weighted by Crippen LogP contribution is -2.08. The van der Waals surface area contributed by atoms with Crippen molar-refractivity contribution in [2.24, 2.45) is 11.8 Å². The number of nitrogens with zero attached hydrogens (tertiary/aromatic N) is 3. The third-order valence-corrected chi connectivity index (χ3v) is 3.01. The lowest BCUT2D eigenvalue weighted by atomic mass is 10.2. The highest BCUT2D eigenvalue weighted by Crippen LogP contribution is 2.37. The first-order valence-electron chi connectivity index (χ1n) is 5.40. The first-order valence-corrected chi connectivity index (χ1v) is 5.40. The molecule has 1 fully saturated rings. The van der Waals surface area contributed by atoms with E-state index < -0.39 is 4.92 Å². The molecule has 1 heterocycles. The third-order valence-electron chi connectivity index (χ3n) is 3.01. The quantitative estimate of drug-likeness (QED) is 0.632. The number of hydrogen-bond donors (Lipinski definition) is 1. The average Bonchev–Trinajstić information content (AvgIpc) is 3.02. The zero-order valence-electron chi connectivity index (χ0n) is 9.38. The number of nitriles is 1. The van der Waals surface area contributed by atoms with Gasteiger partial charge in [-0.25, -0.2) is 4.98 Å². The highest BCUT2D eigenvalue weighted by molar-refractivity contribution is 5.55. The summed E-state index contributed by atoms with van der Waals surface area (Å²) in [6.45, 7) is 2.93. The van der Waals surface area contributed by atoms with Crippen LogP contribution < -0.4 is 5.32 Å². The van der Waals surface area contributed by atoms with Crippen molar-refractivity contribution in [3.8, 4) is 6.07 Å². The van der Waals surface area contributed by atoms with E-state index in [0.717, 1.165) is 6.54 Å². The summed E-state index contributed by atoms with van der Waals surface area (Å²) in [5.41, 5.74) is 0.0550.